The number of aliphatic hydroxyl groups is 1. The van der Waals surface area contributed by atoms with Gasteiger partial charge in [-0.05, 0) is 23.8 Å². The molecular weight excluding hydrogens is 370 g/mol. The normalized spacial score (nSPS) is 21.5. The maximum Gasteiger partial charge on any atom is 0.254 e. The Morgan fingerprint density at radius 2 is 1.97 bits per heavy atom. The van der Waals surface area contributed by atoms with E-state index in [1.54, 1.807) is 18.3 Å². The van der Waals surface area contributed by atoms with Crippen molar-refractivity contribution < 1.29 is 19.4 Å². The molecule has 0 bridgehead atoms. The molecule has 1 aromatic heterocycles. The Kier molecular flexibility index (Phi) is 5.47. The number of morpholine rings is 1. The van der Waals surface area contributed by atoms with Crippen molar-refractivity contribution in [3.63, 3.8) is 0 Å². The summed E-state index contributed by atoms with van der Waals surface area (Å²) in [5.74, 6) is 0.374. The fourth-order valence-corrected chi connectivity index (χ4v) is 3.58. The SMILES string of the molecule is N#CCCOc1ccc(C2OC(c3c[nH]c4ccccc34)C(=O)NC2CO)cc1. The molecule has 0 spiro atoms. The van der Waals surface area contributed by atoms with Crippen molar-refractivity contribution in [1.82, 2.24) is 10.3 Å². The molecule has 3 atom stereocenters. The molecule has 1 aliphatic rings. The van der Waals surface area contributed by atoms with Gasteiger partial charge in [0.1, 0.15) is 18.5 Å². The van der Waals surface area contributed by atoms with Crippen LogP contribution in [-0.4, -0.2) is 35.3 Å². The number of fused-ring (bicyclic) bond motifs is 1. The first-order valence-electron chi connectivity index (χ1n) is 9.43. The standard InChI is InChI=1S/C22H21N3O4/c23-10-3-11-28-15-8-6-14(7-9-15)20-19(13-26)25-22(27)21(29-20)17-12-24-18-5-2-1-4-16(17)18/h1-2,4-9,12,19-21,24,26H,3,11,13H2,(H,25,27). The highest BCUT2D eigenvalue weighted by atomic mass is 16.5. The topological polar surface area (TPSA) is 107 Å². The van der Waals surface area contributed by atoms with E-state index in [2.05, 4.69) is 10.3 Å². The average Bonchev–Trinajstić information content (AvgIpc) is 3.18. The molecule has 29 heavy (non-hydrogen) atoms. The Bertz CT molecular complexity index is 1040. The summed E-state index contributed by atoms with van der Waals surface area (Å²) in [6.45, 7) is 0.0885. The summed E-state index contributed by atoms with van der Waals surface area (Å²) in [6.07, 6.45) is 0.811. The molecule has 4 rings (SSSR count). The predicted octanol–water partition coefficient (Wildman–Crippen LogP) is 2.75. The van der Waals surface area contributed by atoms with Gasteiger partial charge in [-0.25, -0.2) is 0 Å². The van der Waals surface area contributed by atoms with Crippen LogP contribution in [0.25, 0.3) is 10.9 Å². The van der Waals surface area contributed by atoms with Gasteiger partial charge in [-0.1, -0.05) is 30.3 Å². The first-order chi connectivity index (χ1) is 14.2. The molecule has 3 unspecified atom stereocenters. The number of nitriles is 1. The lowest BCUT2D eigenvalue weighted by atomic mass is 9.97. The van der Waals surface area contributed by atoms with Crippen molar-refractivity contribution in [2.24, 2.45) is 0 Å². The smallest absolute Gasteiger partial charge is 0.254 e. The van der Waals surface area contributed by atoms with Crippen molar-refractivity contribution in [3.8, 4) is 11.8 Å². The molecule has 3 N–H and O–H groups in total. The second-order valence-electron chi connectivity index (χ2n) is 6.85. The highest BCUT2D eigenvalue weighted by Gasteiger charge is 2.38. The van der Waals surface area contributed by atoms with Gasteiger partial charge in [0.25, 0.3) is 5.91 Å². The molecular formula is C22H21N3O4. The lowest BCUT2D eigenvalue weighted by molar-refractivity contribution is -0.152. The number of aromatic nitrogens is 1. The van der Waals surface area contributed by atoms with Crippen LogP contribution in [0.1, 0.15) is 29.8 Å². The Labute approximate surface area is 167 Å². The minimum atomic E-state index is -0.787. The first-order valence-corrected chi connectivity index (χ1v) is 9.43. The number of carbonyl (C=O) groups excluding carboxylic acids is 1. The maximum absolute atomic E-state index is 12.7. The summed E-state index contributed by atoms with van der Waals surface area (Å²) in [7, 11) is 0. The van der Waals surface area contributed by atoms with Gasteiger partial charge in [0.05, 0.1) is 25.1 Å². The van der Waals surface area contributed by atoms with Crippen LogP contribution in [0.4, 0.5) is 0 Å². The highest BCUT2D eigenvalue weighted by Crippen LogP contribution is 2.36. The molecule has 1 saturated heterocycles. The molecule has 0 aliphatic carbocycles. The molecule has 7 heteroatoms. The number of rotatable bonds is 6. The van der Waals surface area contributed by atoms with E-state index >= 15 is 0 Å². The van der Waals surface area contributed by atoms with Crippen LogP contribution in [0.2, 0.25) is 0 Å². The molecule has 0 saturated carbocycles. The molecule has 148 valence electrons. The largest absolute Gasteiger partial charge is 0.493 e. The van der Waals surface area contributed by atoms with Gasteiger partial charge in [-0.15, -0.1) is 0 Å². The maximum atomic E-state index is 12.7. The fourth-order valence-electron chi connectivity index (χ4n) is 3.58. The van der Waals surface area contributed by atoms with Gasteiger partial charge in [0, 0.05) is 22.7 Å². The van der Waals surface area contributed by atoms with Gasteiger partial charge in [0.2, 0.25) is 0 Å². The Hall–Kier alpha value is -3.34. The van der Waals surface area contributed by atoms with Crippen LogP contribution < -0.4 is 10.1 Å². The summed E-state index contributed by atoms with van der Waals surface area (Å²) in [6, 6.07) is 16.5. The number of hydrogen-bond acceptors (Lipinski definition) is 5. The van der Waals surface area contributed by atoms with Crippen molar-refractivity contribution >= 4 is 16.8 Å². The lowest BCUT2D eigenvalue weighted by Crippen LogP contribution is -2.50. The van der Waals surface area contributed by atoms with Crippen LogP contribution in [0.3, 0.4) is 0 Å². The Balaban J connectivity index is 1.59. The number of amides is 1. The van der Waals surface area contributed by atoms with Crippen molar-refractivity contribution in [1.29, 1.82) is 5.26 Å². The second-order valence-corrected chi connectivity index (χ2v) is 6.85. The third-order valence-corrected chi connectivity index (χ3v) is 5.01. The summed E-state index contributed by atoms with van der Waals surface area (Å²) >= 11 is 0. The highest BCUT2D eigenvalue weighted by molar-refractivity contribution is 5.91. The van der Waals surface area contributed by atoms with E-state index in [1.165, 1.54) is 0 Å². The number of nitrogens with one attached hydrogen (secondary N) is 2. The third-order valence-electron chi connectivity index (χ3n) is 5.01. The number of H-pyrrole nitrogens is 1. The zero-order valence-electron chi connectivity index (χ0n) is 15.7. The van der Waals surface area contributed by atoms with Gasteiger partial charge >= 0.3 is 0 Å². The van der Waals surface area contributed by atoms with Crippen molar-refractivity contribution in [3.05, 3.63) is 65.9 Å². The molecule has 0 radical (unpaired) electrons. The fraction of sp³-hybridized carbons (Fsp3) is 0.273. The number of aromatic amines is 1. The summed E-state index contributed by atoms with van der Waals surface area (Å²) in [4.78, 5) is 15.8. The number of benzene rings is 2. The van der Waals surface area contributed by atoms with E-state index in [0.29, 0.717) is 18.8 Å². The lowest BCUT2D eigenvalue weighted by Gasteiger charge is -2.36. The zero-order valence-corrected chi connectivity index (χ0v) is 15.7. The van der Waals surface area contributed by atoms with E-state index in [0.717, 1.165) is 22.0 Å². The number of ether oxygens (including phenoxy) is 2. The second kappa shape index (κ2) is 8.35. The molecule has 2 aromatic carbocycles. The van der Waals surface area contributed by atoms with E-state index in [9.17, 15) is 9.90 Å². The van der Waals surface area contributed by atoms with E-state index in [1.807, 2.05) is 42.5 Å². The van der Waals surface area contributed by atoms with E-state index in [-0.39, 0.29) is 12.5 Å². The molecule has 2 heterocycles. The van der Waals surface area contributed by atoms with Crippen LogP contribution >= 0.6 is 0 Å². The molecule has 3 aromatic rings. The van der Waals surface area contributed by atoms with Crippen LogP contribution in [-0.2, 0) is 9.53 Å². The molecule has 7 nitrogen and oxygen atoms in total. The number of aliphatic hydroxyl groups excluding tert-OH is 1. The van der Waals surface area contributed by atoms with Crippen LogP contribution in [0.15, 0.2) is 54.7 Å². The zero-order chi connectivity index (χ0) is 20.2. The van der Waals surface area contributed by atoms with Crippen LogP contribution in [0, 0.1) is 11.3 Å². The quantitative estimate of drug-likeness (QED) is 0.560. The van der Waals surface area contributed by atoms with Gasteiger partial charge in [-0.2, -0.15) is 5.26 Å². The molecule has 1 fully saturated rings. The summed E-state index contributed by atoms with van der Waals surface area (Å²) in [5.41, 5.74) is 2.51. The first kappa shape index (κ1) is 19.0. The van der Waals surface area contributed by atoms with Gasteiger partial charge in [0.15, 0.2) is 6.10 Å². The average molecular weight is 391 g/mol. The number of nitrogens with zero attached hydrogens (tertiary/aromatic N) is 1. The monoisotopic (exact) mass is 391 g/mol. The van der Waals surface area contributed by atoms with Gasteiger partial charge < -0.3 is 24.9 Å². The molecule has 1 aliphatic heterocycles. The Morgan fingerprint density at radius 1 is 1.17 bits per heavy atom. The van der Waals surface area contributed by atoms with Crippen molar-refractivity contribution in [2.45, 2.75) is 24.7 Å². The Morgan fingerprint density at radius 3 is 2.72 bits per heavy atom. The summed E-state index contributed by atoms with van der Waals surface area (Å²) < 4.78 is 11.7. The van der Waals surface area contributed by atoms with E-state index in [4.69, 9.17) is 14.7 Å². The van der Waals surface area contributed by atoms with Gasteiger partial charge in [-0.3, -0.25) is 4.79 Å². The van der Waals surface area contributed by atoms with E-state index < -0.39 is 18.2 Å². The molecule has 1 amide bonds. The predicted molar refractivity (Wildman–Crippen MR) is 106 cm³/mol. The van der Waals surface area contributed by atoms with Crippen molar-refractivity contribution in [2.75, 3.05) is 13.2 Å². The number of hydrogen-bond donors (Lipinski definition) is 3. The minimum absolute atomic E-state index is 0.239. The third kappa shape index (κ3) is 3.81. The number of carbonyl (C=O) groups is 1. The minimum Gasteiger partial charge on any atom is -0.493 e. The number of para-hydroxylation sites is 1. The summed E-state index contributed by atoms with van der Waals surface area (Å²) in [5, 5.41) is 22.2. The van der Waals surface area contributed by atoms with Crippen LogP contribution in [0.5, 0.6) is 5.75 Å².